The van der Waals surface area contributed by atoms with E-state index in [9.17, 15) is 9.59 Å². The molecule has 1 aliphatic carbocycles. The van der Waals surface area contributed by atoms with Gasteiger partial charge in [0.25, 0.3) is 0 Å². The molecule has 0 aromatic rings. The number of carbonyl (C=O) groups excluding carboxylic acids is 2. The Bertz CT molecular complexity index is 411. The predicted molar refractivity (Wildman–Crippen MR) is 60.1 cm³/mol. The second-order valence-corrected chi connectivity index (χ2v) is 3.41. The van der Waals surface area contributed by atoms with Crippen LogP contribution in [0.4, 0.5) is 0 Å². The average Bonchev–Trinajstić information content (AvgIpc) is 2.29. The van der Waals surface area contributed by atoms with Gasteiger partial charge in [0.05, 0.1) is 12.2 Å². The lowest BCUT2D eigenvalue weighted by Crippen LogP contribution is -2.19. The van der Waals surface area contributed by atoms with Crippen molar-refractivity contribution in [1.29, 1.82) is 0 Å². The van der Waals surface area contributed by atoms with Gasteiger partial charge in [-0.3, -0.25) is 0 Å². The molecular weight excluding hydrogens is 204 g/mol. The molecule has 82 valence electrons. The van der Waals surface area contributed by atoms with Crippen LogP contribution in [0.1, 0.15) is 6.42 Å². The van der Waals surface area contributed by atoms with Crippen molar-refractivity contribution in [3.8, 4) is 0 Å². The van der Waals surface area contributed by atoms with Crippen LogP contribution in [-0.4, -0.2) is 18.7 Å². The van der Waals surface area contributed by atoms with Crippen molar-refractivity contribution in [3.63, 3.8) is 0 Å². The fourth-order valence-electron chi connectivity index (χ4n) is 1.75. The Kier molecular flexibility index (Phi) is 4.87. The van der Waals surface area contributed by atoms with Crippen LogP contribution >= 0.6 is 0 Å². The molecule has 2 atom stereocenters. The minimum atomic E-state index is -0.0779. The van der Waals surface area contributed by atoms with E-state index in [1.54, 1.807) is 12.2 Å². The van der Waals surface area contributed by atoms with Gasteiger partial charge in [-0.1, -0.05) is 18.2 Å². The summed E-state index contributed by atoms with van der Waals surface area (Å²) in [5.41, 5.74) is 0.600. The molecule has 0 aromatic heterocycles. The van der Waals surface area contributed by atoms with E-state index >= 15 is 0 Å². The molecular formula is C12H12N2O2. The third kappa shape index (κ3) is 2.99. The standard InChI is InChI=1S/C12H12N2O2/c1-2-4-10-5-3-6-12(14-9-16)11(10)7-13-8-15/h2-3,5-6,10-11H,1,4,7H2. The molecule has 0 radical (unpaired) electrons. The zero-order chi connectivity index (χ0) is 11.8. The van der Waals surface area contributed by atoms with E-state index in [1.165, 1.54) is 12.2 Å². The van der Waals surface area contributed by atoms with Crippen LogP contribution in [0, 0.1) is 11.8 Å². The monoisotopic (exact) mass is 216 g/mol. The third-order valence-electron chi connectivity index (χ3n) is 2.49. The Morgan fingerprint density at radius 3 is 2.88 bits per heavy atom. The lowest BCUT2D eigenvalue weighted by molar-refractivity contribution is 0.453. The van der Waals surface area contributed by atoms with Crippen LogP contribution in [0.5, 0.6) is 0 Å². The molecule has 2 unspecified atom stereocenters. The normalized spacial score (nSPS) is 22.6. The zero-order valence-corrected chi connectivity index (χ0v) is 8.80. The van der Waals surface area contributed by atoms with E-state index in [4.69, 9.17) is 0 Å². The summed E-state index contributed by atoms with van der Waals surface area (Å²) in [6.07, 6.45) is 11.1. The molecule has 0 N–H and O–H groups in total. The van der Waals surface area contributed by atoms with Crippen LogP contribution in [-0.2, 0) is 9.59 Å². The first kappa shape index (κ1) is 12.1. The minimum Gasteiger partial charge on any atom is -0.211 e. The molecule has 0 fully saturated rings. The van der Waals surface area contributed by atoms with E-state index in [1.807, 2.05) is 12.2 Å². The molecule has 0 saturated heterocycles. The summed E-state index contributed by atoms with van der Waals surface area (Å²) in [5.74, 6) is 0.0811. The third-order valence-corrected chi connectivity index (χ3v) is 2.49. The van der Waals surface area contributed by atoms with Gasteiger partial charge in [0, 0.05) is 5.92 Å². The maximum absolute atomic E-state index is 10.3. The smallest absolute Gasteiger partial charge is 0.211 e. The van der Waals surface area contributed by atoms with Gasteiger partial charge in [-0.2, -0.15) is 4.99 Å². The van der Waals surface area contributed by atoms with E-state index in [0.717, 1.165) is 6.42 Å². The highest BCUT2D eigenvalue weighted by Gasteiger charge is 2.24. The molecule has 0 aliphatic heterocycles. The molecule has 0 amide bonds. The summed E-state index contributed by atoms with van der Waals surface area (Å²) in [6, 6.07) is 0. The van der Waals surface area contributed by atoms with E-state index < -0.39 is 0 Å². The second kappa shape index (κ2) is 6.46. The number of allylic oxidation sites excluding steroid dienone is 4. The van der Waals surface area contributed by atoms with Crippen molar-refractivity contribution in [2.75, 3.05) is 6.54 Å². The molecule has 0 heterocycles. The quantitative estimate of drug-likeness (QED) is 0.400. The summed E-state index contributed by atoms with van der Waals surface area (Å²) < 4.78 is 0. The lowest BCUT2D eigenvalue weighted by atomic mass is 9.83. The van der Waals surface area contributed by atoms with Crippen molar-refractivity contribution >= 4 is 12.2 Å². The Morgan fingerprint density at radius 2 is 2.25 bits per heavy atom. The topological polar surface area (TPSA) is 58.9 Å². The van der Waals surface area contributed by atoms with Gasteiger partial charge in [-0.05, 0) is 18.4 Å². The number of rotatable bonds is 5. The molecule has 0 saturated carbocycles. The summed E-state index contributed by atoms with van der Waals surface area (Å²) >= 11 is 0. The van der Waals surface area contributed by atoms with Crippen LogP contribution < -0.4 is 0 Å². The largest absolute Gasteiger partial charge is 0.240 e. The Balaban J connectivity index is 2.92. The molecule has 16 heavy (non-hydrogen) atoms. The highest BCUT2D eigenvalue weighted by molar-refractivity contribution is 5.40. The lowest BCUT2D eigenvalue weighted by Gasteiger charge is -2.24. The number of hydrogen-bond acceptors (Lipinski definition) is 4. The van der Waals surface area contributed by atoms with Crippen molar-refractivity contribution in [2.45, 2.75) is 6.42 Å². The summed E-state index contributed by atoms with van der Waals surface area (Å²) in [4.78, 5) is 27.6. The van der Waals surface area contributed by atoms with Crippen molar-refractivity contribution < 1.29 is 9.59 Å². The van der Waals surface area contributed by atoms with Crippen molar-refractivity contribution in [3.05, 3.63) is 36.6 Å². The van der Waals surface area contributed by atoms with Gasteiger partial charge in [0.1, 0.15) is 0 Å². The first-order valence-electron chi connectivity index (χ1n) is 4.94. The Morgan fingerprint density at radius 1 is 1.44 bits per heavy atom. The maximum atomic E-state index is 10.3. The predicted octanol–water partition coefficient (Wildman–Crippen LogP) is 1.92. The number of aliphatic imine (C=N–C) groups is 2. The fourth-order valence-corrected chi connectivity index (χ4v) is 1.75. The SMILES string of the molecule is C=CCC1C=CC=C(N=C=O)C1CN=C=O. The number of hydrogen-bond donors (Lipinski definition) is 0. The molecule has 1 rings (SSSR count). The van der Waals surface area contributed by atoms with Crippen molar-refractivity contribution in [1.82, 2.24) is 0 Å². The molecule has 0 bridgehead atoms. The highest BCUT2D eigenvalue weighted by atomic mass is 16.1. The first-order chi connectivity index (χ1) is 7.83. The van der Waals surface area contributed by atoms with Gasteiger partial charge in [-0.25, -0.2) is 14.6 Å². The molecule has 4 nitrogen and oxygen atoms in total. The highest BCUT2D eigenvalue weighted by Crippen LogP contribution is 2.29. The molecule has 0 aromatic carbocycles. The van der Waals surface area contributed by atoms with E-state index in [-0.39, 0.29) is 18.4 Å². The van der Waals surface area contributed by atoms with Gasteiger partial charge >= 0.3 is 0 Å². The second-order valence-electron chi connectivity index (χ2n) is 3.41. The minimum absolute atomic E-state index is 0.0779. The van der Waals surface area contributed by atoms with Gasteiger partial charge in [0.2, 0.25) is 12.2 Å². The summed E-state index contributed by atoms with van der Waals surface area (Å²) in [6.45, 7) is 3.95. The Hall–Kier alpha value is -2.02. The van der Waals surface area contributed by atoms with Crippen LogP contribution in [0.25, 0.3) is 0 Å². The van der Waals surface area contributed by atoms with Crippen LogP contribution in [0.15, 0.2) is 46.6 Å². The van der Waals surface area contributed by atoms with E-state index in [2.05, 4.69) is 16.6 Å². The van der Waals surface area contributed by atoms with Gasteiger partial charge < -0.3 is 0 Å². The fraction of sp³-hybridized carbons (Fsp3) is 0.333. The van der Waals surface area contributed by atoms with E-state index in [0.29, 0.717) is 5.70 Å². The summed E-state index contributed by atoms with van der Waals surface area (Å²) in [7, 11) is 0. The molecule has 4 heteroatoms. The first-order valence-corrected chi connectivity index (χ1v) is 4.94. The number of nitrogens with zero attached hydrogens (tertiary/aromatic N) is 2. The van der Waals surface area contributed by atoms with Crippen LogP contribution in [0.2, 0.25) is 0 Å². The molecule has 1 aliphatic rings. The maximum Gasteiger partial charge on any atom is 0.240 e. The molecule has 0 spiro atoms. The van der Waals surface area contributed by atoms with Crippen molar-refractivity contribution in [2.24, 2.45) is 21.8 Å². The van der Waals surface area contributed by atoms with Gasteiger partial charge in [-0.15, -0.1) is 6.58 Å². The van der Waals surface area contributed by atoms with Crippen LogP contribution in [0.3, 0.4) is 0 Å². The average molecular weight is 216 g/mol. The Labute approximate surface area is 93.8 Å². The number of isocyanates is 2. The zero-order valence-electron chi connectivity index (χ0n) is 8.80. The van der Waals surface area contributed by atoms with Gasteiger partial charge in [0.15, 0.2) is 0 Å². The summed E-state index contributed by atoms with van der Waals surface area (Å²) in [5, 5.41) is 0.